The Morgan fingerprint density at radius 2 is 2.03 bits per heavy atom. The number of aromatic amines is 1. The van der Waals surface area contributed by atoms with Gasteiger partial charge in [0.25, 0.3) is 0 Å². The van der Waals surface area contributed by atoms with E-state index < -0.39 is 29.8 Å². The van der Waals surface area contributed by atoms with Crippen molar-refractivity contribution < 1.29 is 26.9 Å². The summed E-state index contributed by atoms with van der Waals surface area (Å²) >= 11 is 0. The largest absolute Gasteiger partial charge is 0.405 e. The van der Waals surface area contributed by atoms with Crippen LogP contribution in [0.15, 0.2) is 35.0 Å². The van der Waals surface area contributed by atoms with Gasteiger partial charge in [0.15, 0.2) is 5.41 Å². The lowest BCUT2D eigenvalue weighted by atomic mass is 9.86. The third kappa shape index (κ3) is 4.14. The minimum absolute atomic E-state index is 0.0729. The van der Waals surface area contributed by atoms with Gasteiger partial charge in [-0.05, 0) is 43.5 Å². The molecule has 1 aromatic carbocycles. The van der Waals surface area contributed by atoms with Crippen molar-refractivity contribution in [3.8, 4) is 11.4 Å². The molecule has 3 aromatic rings. The monoisotopic (exact) mass is 438 g/mol. The number of halogens is 4. The van der Waals surface area contributed by atoms with E-state index in [1.165, 1.54) is 23.2 Å². The summed E-state index contributed by atoms with van der Waals surface area (Å²) < 4.78 is 60.4. The van der Waals surface area contributed by atoms with Gasteiger partial charge in [-0.25, -0.2) is 4.39 Å². The number of likely N-dealkylation sites (tertiary alicyclic amines) is 1. The molecule has 4 rings (SSSR count). The molecule has 1 atom stereocenters. The van der Waals surface area contributed by atoms with Crippen LogP contribution in [0.25, 0.3) is 11.4 Å². The van der Waals surface area contributed by atoms with Crippen molar-refractivity contribution in [3.05, 3.63) is 47.9 Å². The van der Waals surface area contributed by atoms with Gasteiger partial charge in [-0.3, -0.25) is 4.79 Å². The standard InChI is InChI=1S/C19H18F4N6O2/c20-13-6-4-12(5-7-13)16-25-17(31-27-16)18(19(21,22)23)8-9-29(11-18)15(30)3-1-2-14-10-24-28-26-14/h4-7,10H,1-3,8-9,11H2,(H,24,26,28). The Bertz CT molecular complexity index is 1030. The Morgan fingerprint density at radius 1 is 1.26 bits per heavy atom. The highest BCUT2D eigenvalue weighted by molar-refractivity contribution is 5.76. The van der Waals surface area contributed by atoms with Crippen molar-refractivity contribution in [2.24, 2.45) is 0 Å². The number of hydrogen-bond acceptors (Lipinski definition) is 6. The fraction of sp³-hybridized carbons (Fsp3) is 0.421. The summed E-state index contributed by atoms with van der Waals surface area (Å²) in [6.45, 7) is -0.666. The molecule has 0 aliphatic carbocycles. The van der Waals surface area contributed by atoms with E-state index in [4.69, 9.17) is 4.52 Å². The second kappa shape index (κ2) is 8.08. The average Bonchev–Trinajstić information content (AvgIpc) is 3.48. The Kier molecular flexibility index (Phi) is 5.46. The van der Waals surface area contributed by atoms with Crippen molar-refractivity contribution in [2.75, 3.05) is 13.1 Å². The van der Waals surface area contributed by atoms with E-state index in [1.807, 2.05) is 0 Å². The first-order valence-corrected chi connectivity index (χ1v) is 9.58. The molecule has 1 aliphatic heterocycles. The van der Waals surface area contributed by atoms with E-state index in [0.717, 1.165) is 12.1 Å². The fourth-order valence-electron chi connectivity index (χ4n) is 3.61. The van der Waals surface area contributed by atoms with Gasteiger partial charge in [-0.15, -0.1) is 0 Å². The second-order valence-electron chi connectivity index (χ2n) is 7.39. The number of H-pyrrole nitrogens is 1. The molecular formula is C19H18F4N6O2. The maximum Gasteiger partial charge on any atom is 0.405 e. The van der Waals surface area contributed by atoms with Crippen LogP contribution in [-0.2, 0) is 16.6 Å². The lowest BCUT2D eigenvalue weighted by Gasteiger charge is -2.28. The number of aryl methyl sites for hydroxylation is 1. The normalized spacial score (nSPS) is 19.2. The Morgan fingerprint density at radius 3 is 2.71 bits per heavy atom. The van der Waals surface area contributed by atoms with Gasteiger partial charge in [0.1, 0.15) is 5.82 Å². The lowest BCUT2D eigenvalue weighted by molar-refractivity contribution is -0.193. The van der Waals surface area contributed by atoms with Crippen LogP contribution in [0.3, 0.4) is 0 Å². The molecule has 12 heteroatoms. The fourth-order valence-corrected chi connectivity index (χ4v) is 3.61. The van der Waals surface area contributed by atoms with E-state index >= 15 is 0 Å². The number of nitrogens with one attached hydrogen (secondary N) is 1. The van der Waals surface area contributed by atoms with Crippen molar-refractivity contribution in [1.29, 1.82) is 0 Å². The van der Waals surface area contributed by atoms with Gasteiger partial charge < -0.3 is 9.42 Å². The highest BCUT2D eigenvalue weighted by Crippen LogP contribution is 2.47. The van der Waals surface area contributed by atoms with Gasteiger partial charge in [0.2, 0.25) is 17.6 Å². The number of amides is 1. The molecule has 1 fully saturated rings. The predicted molar refractivity (Wildman–Crippen MR) is 97.9 cm³/mol. The summed E-state index contributed by atoms with van der Waals surface area (Å²) in [5, 5.41) is 13.6. The summed E-state index contributed by atoms with van der Waals surface area (Å²) in [7, 11) is 0. The van der Waals surface area contributed by atoms with E-state index in [2.05, 4.69) is 25.6 Å². The molecule has 1 unspecified atom stereocenters. The summed E-state index contributed by atoms with van der Waals surface area (Å²) in [6, 6.07) is 5.01. The molecule has 0 bridgehead atoms. The van der Waals surface area contributed by atoms with Crippen molar-refractivity contribution in [3.63, 3.8) is 0 Å². The quantitative estimate of drug-likeness (QED) is 0.594. The summed E-state index contributed by atoms with van der Waals surface area (Å²) in [5.41, 5.74) is -1.44. The topological polar surface area (TPSA) is 101 Å². The molecule has 1 amide bonds. The van der Waals surface area contributed by atoms with E-state index in [0.29, 0.717) is 24.1 Å². The number of nitrogens with zero attached hydrogens (tertiary/aromatic N) is 5. The van der Waals surface area contributed by atoms with Crippen LogP contribution in [0.1, 0.15) is 30.8 Å². The van der Waals surface area contributed by atoms with E-state index in [9.17, 15) is 22.4 Å². The third-order valence-electron chi connectivity index (χ3n) is 5.39. The molecule has 0 saturated carbocycles. The van der Waals surface area contributed by atoms with Crippen LogP contribution in [0, 0.1) is 5.82 Å². The Hall–Kier alpha value is -3.31. The Labute approximate surface area is 173 Å². The first kappa shape index (κ1) is 20.9. The second-order valence-corrected chi connectivity index (χ2v) is 7.39. The van der Waals surface area contributed by atoms with E-state index in [-0.39, 0.29) is 31.1 Å². The van der Waals surface area contributed by atoms with Crippen LogP contribution in [-0.4, -0.2) is 55.6 Å². The number of carbonyl (C=O) groups excluding carboxylic acids is 1. The van der Waals surface area contributed by atoms with Crippen LogP contribution < -0.4 is 0 Å². The zero-order valence-electron chi connectivity index (χ0n) is 16.2. The van der Waals surface area contributed by atoms with Crippen LogP contribution >= 0.6 is 0 Å². The number of rotatable bonds is 6. The number of aromatic nitrogens is 5. The molecular weight excluding hydrogens is 420 g/mol. The number of alkyl halides is 3. The van der Waals surface area contributed by atoms with Gasteiger partial charge in [0.05, 0.1) is 11.9 Å². The predicted octanol–water partition coefficient (Wildman–Crippen LogP) is 3.05. The SMILES string of the molecule is O=C(CCCc1cn[nH]n1)N1CCC(c2nc(-c3ccc(F)cc3)no2)(C(F)(F)F)C1. The van der Waals surface area contributed by atoms with Gasteiger partial charge >= 0.3 is 6.18 Å². The van der Waals surface area contributed by atoms with Crippen molar-refractivity contribution >= 4 is 5.91 Å². The molecule has 1 aliphatic rings. The first-order chi connectivity index (χ1) is 14.8. The van der Waals surface area contributed by atoms with Crippen molar-refractivity contribution in [1.82, 2.24) is 30.5 Å². The van der Waals surface area contributed by atoms with Gasteiger partial charge in [-0.2, -0.15) is 33.6 Å². The molecule has 0 spiro atoms. The minimum Gasteiger partial charge on any atom is -0.341 e. The number of benzene rings is 1. The van der Waals surface area contributed by atoms with Crippen LogP contribution in [0.5, 0.6) is 0 Å². The minimum atomic E-state index is -4.70. The van der Waals surface area contributed by atoms with Crippen LogP contribution in [0.4, 0.5) is 17.6 Å². The lowest BCUT2D eigenvalue weighted by Crippen LogP contribution is -2.46. The number of carbonyl (C=O) groups is 1. The molecule has 1 saturated heterocycles. The van der Waals surface area contributed by atoms with E-state index in [1.54, 1.807) is 0 Å². The average molecular weight is 438 g/mol. The maximum absolute atomic E-state index is 14.1. The summed E-state index contributed by atoms with van der Waals surface area (Å²) in [6.07, 6.45) is -2.53. The summed E-state index contributed by atoms with van der Waals surface area (Å²) in [4.78, 5) is 17.6. The molecule has 2 aromatic heterocycles. The highest BCUT2D eigenvalue weighted by Gasteiger charge is 2.63. The molecule has 164 valence electrons. The van der Waals surface area contributed by atoms with Crippen LogP contribution in [0.2, 0.25) is 0 Å². The zero-order valence-corrected chi connectivity index (χ0v) is 16.2. The van der Waals surface area contributed by atoms with Gasteiger partial charge in [-0.1, -0.05) is 5.16 Å². The maximum atomic E-state index is 14.1. The Balaban J connectivity index is 1.49. The van der Waals surface area contributed by atoms with Gasteiger partial charge in [0, 0.05) is 25.1 Å². The smallest absolute Gasteiger partial charge is 0.341 e. The van der Waals surface area contributed by atoms with Crippen molar-refractivity contribution in [2.45, 2.75) is 37.3 Å². The summed E-state index contributed by atoms with van der Waals surface area (Å²) in [5.74, 6) is -1.55. The molecule has 0 radical (unpaired) electrons. The zero-order chi connectivity index (χ0) is 22.1. The molecule has 1 N–H and O–H groups in total. The first-order valence-electron chi connectivity index (χ1n) is 9.58. The molecule has 3 heterocycles. The third-order valence-corrected chi connectivity index (χ3v) is 5.39. The molecule has 31 heavy (non-hydrogen) atoms. The molecule has 8 nitrogen and oxygen atoms in total. The highest BCUT2D eigenvalue weighted by atomic mass is 19.4. The number of hydrogen-bond donors (Lipinski definition) is 1.